The van der Waals surface area contributed by atoms with E-state index in [1.165, 1.54) is 11.3 Å². The first-order chi connectivity index (χ1) is 9.60. The first-order valence-corrected chi connectivity index (χ1v) is 7.12. The summed E-state index contributed by atoms with van der Waals surface area (Å²) in [6.07, 6.45) is -0.295. The zero-order chi connectivity index (χ0) is 14.5. The van der Waals surface area contributed by atoms with Crippen molar-refractivity contribution in [1.82, 2.24) is 5.32 Å². The Hall–Kier alpha value is -1.85. The predicted molar refractivity (Wildman–Crippen MR) is 79.0 cm³/mol. The molecule has 4 nitrogen and oxygen atoms in total. The fourth-order valence-corrected chi connectivity index (χ4v) is 2.92. The topological polar surface area (TPSA) is 66.4 Å². The van der Waals surface area contributed by atoms with Gasteiger partial charge in [-0.15, -0.1) is 11.3 Å². The summed E-state index contributed by atoms with van der Waals surface area (Å²) in [5.41, 5.74) is 1.80. The van der Waals surface area contributed by atoms with Crippen LogP contribution < -0.4 is 5.32 Å². The molecule has 0 saturated heterocycles. The van der Waals surface area contributed by atoms with Gasteiger partial charge in [-0.25, -0.2) is 4.79 Å². The molecule has 0 radical (unpaired) electrons. The van der Waals surface area contributed by atoms with E-state index in [0.717, 1.165) is 17.4 Å². The van der Waals surface area contributed by atoms with Crippen molar-refractivity contribution < 1.29 is 14.7 Å². The van der Waals surface area contributed by atoms with Crippen LogP contribution in [0.2, 0.25) is 5.02 Å². The van der Waals surface area contributed by atoms with E-state index in [9.17, 15) is 9.59 Å². The summed E-state index contributed by atoms with van der Waals surface area (Å²) >= 11 is 7.32. The zero-order valence-electron chi connectivity index (χ0n) is 10.4. The molecule has 1 amide bonds. The smallest absolute Gasteiger partial charge is 0.404 e. The number of carbonyl (C=O) groups is 2. The Kier molecular flexibility index (Phi) is 4.76. The van der Waals surface area contributed by atoms with Crippen LogP contribution in [-0.2, 0) is 0 Å². The average Bonchev–Trinajstić information content (AvgIpc) is 2.87. The maximum absolute atomic E-state index is 10.8. The Balaban J connectivity index is 2.33. The fourth-order valence-electron chi connectivity index (χ4n) is 1.95. The molecule has 1 heterocycles. The van der Waals surface area contributed by atoms with Crippen LogP contribution in [0.25, 0.3) is 0 Å². The Morgan fingerprint density at radius 3 is 2.80 bits per heavy atom. The molecule has 0 spiro atoms. The highest BCUT2D eigenvalue weighted by molar-refractivity contribution is 7.11. The van der Waals surface area contributed by atoms with Gasteiger partial charge < -0.3 is 10.4 Å². The van der Waals surface area contributed by atoms with Gasteiger partial charge in [0.25, 0.3) is 0 Å². The summed E-state index contributed by atoms with van der Waals surface area (Å²) in [6, 6.07) is 9.04. The lowest BCUT2D eigenvalue weighted by molar-refractivity contribution is 0.112. The van der Waals surface area contributed by atoms with E-state index in [4.69, 9.17) is 16.7 Å². The van der Waals surface area contributed by atoms with Crippen molar-refractivity contribution in [2.24, 2.45) is 0 Å². The third kappa shape index (κ3) is 3.59. The number of halogens is 1. The van der Waals surface area contributed by atoms with Gasteiger partial charge in [0.15, 0.2) is 6.29 Å². The van der Waals surface area contributed by atoms with Crippen molar-refractivity contribution in [3.05, 3.63) is 56.7 Å². The number of nitrogens with one attached hydrogen (secondary N) is 1. The van der Waals surface area contributed by atoms with Crippen molar-refractivity contribution in [1.29, 1.82) is 0 Å². The quantitative estimate of drug-likeness (QED) is 0.829. The summed E-state index contributed by atoms with van der Waals surface area (Å²) in [4.78, 5) is 22.1. The molecule has 20 heavy (non-hydrogen) atoms. The highest BCUT2D eigenvalue weighted by Gasteiger charge is 2.17. The first-order valence-electron chi connectivity index (χ1n) is 5.86. The number of hydrogen-bond acceptors (Lipinski definition) is 3. The number of hydrogen-bond donors (Lipinski definition) is 2. The number of carbonyl (C=O) groups excluding carboxylic acids is 1. The Morgan fingerprint density at radius 2 is 2.20 bits per heavy atom. The summed E-state index contributed by atoms with van der Waals surface area (Å²) in [6.45, 7) is 0.227. The maximum atomic E-state index is 10.8. The van der Waals surface area contributed by atoms with Gasteiger partial charge in [0.05, 0.1) is 4.88 Å². The molecule has 1 aromatic carbocycles. The molecule has 1 aromatic heterocycles. The molecule has 0 fully saturated rings. The lowest BCUT2D eigenvalue weighted by Crippen LogP contribution is -2.27. The van der Waals surface area contributed by atoms with Gasteiger partial charge in [-0.2, -0.15) is 0 Å². The molecule has 1 atom stereocenters. The van der Waals surface area contributed by atoms with Crippen LogP contribution in [-0.4, -0.2) is 24.0 Å². The third-order valence-electron chi connectivity index (χ3n) is 2.87. The van der Waals surface area contributed by atoms with Gasteiger partial charge in [-0.05, 0) is 34.7 Å². The highest BCUT2D eigenvalue weighted by Crippen LogP contribution is 2.29. The highest BCUT2D eigenvalue weighted by atomic mass is 35.5. The van der Waals surface area contributed by atoms with Crippen molar-refractivity contribution in [2.45, 2.75) is 5.92 Å². The van der Waals surface area contributed by atoms with E-state index in [-0.39, 0.29) is 12.5 Å². The van der Waals surface area contributed by atoms with Crippen molar-refractivity contribution >= 4 is 35.3 Å². The number of carboxylic acid groups (broad SMARTS) is 1. The molecule has 0 aliphatic carbocycles. The van der Waals surface area contributed by atoms with Crippen LogP contribution >= 0.6 is 22.9 Å². The predicted octanol–water partition coefficient (Wildman–Crippen LogP) is 3.61. The van der Waals surface area contributed by atoms with Gasteiger partial charge >= 0.3 is 6.09 Å². The van der Waals surface area contributed by atoms with Crippen LogP contribution in [0.15, 0.2) is 35.7 Å². The molecule has 104 valence electrons. The van der Waals surface area contributed by atoms with Crippen LogP contribution in [0, 0.1) is 0 Å². The van der Waals surface area contributed by atoms with Crippen LogP contribution in [0.1, 0.15) is 26.7 Å². The molecule has 2 rings (SSSR count). The van der Waals surface area contributed by atoms with Crippen LogP contribution in [0.4, 0.5) is 4.79 Å². The molecular formula is C14H12ClNO3S. The summed E-state index contributed by atoms with van der Waals surface area (Å²) in [7, 11) is 0. The lowest BCUT2D eigenvalue weighted by Gasteiger charge is -2.16. The fraction of sp³-hybridized carbons (Fsp3) is 0.143. The molecule has 2 N–H and O–H groups in total. The molecule has 2 aromatic rings. The monoisotopic (exact) mass is 309 g/mol. The minimum absolute atomic E-state index is 0.172. The van der Waals surface area contributed by atoms with Crippen LogP contribution in [0.3, 0.4) is 0 Å². The lowest BCUT2D eigenvalue weighted by atomic mass is 9.93. The van der Waals surface area contributed by atoms with Gasteiger partial charge in [0, 0.05) is 17.5 Å². The van der Waals surface area contributed by atoms with Crippen molar-refractivity contribution in [3.8, 4) is 0 Å². The number of aldehydes is 1. The van der Waals surface area contributed by atoms with E-state index in [2.05, 4.69) is 5.32 Å². The summed E-state index contributed by atoms with van der Waals surface area (Å²) < 4.78 is 0. The largest absolute Gasteiger partial charge is 0.465 e. The Morgan fingerprint density at radius 1 is 1.40 bits per heavy atom. The van der Waals surface area contributed by atoms with Gasteiger partial charge in [-0.1, -0.05) is 23.7 Å². The van der Waals surface area contributed by atoms with E-state index < -0.39 is 6.09 Å². The standard InChI is InChI=1S/C14H12ClNO3S/c15-11-3-1-2-9(4-11)13(6-16-14(18)19)10-5-12(7-17)20-8-10/h1-5,7-8,13,16H,6H2,(H,18,19). The molecule has 0 bridgehead atoms. The second-order valence-corrected chi connectivity index (χ2v) is 5.57. The maximum Gasteiger partial charge on any atom is 0.404 e. The van der Waals surface area contributed by atoms with Crippen molar-refractivity contribution in [2.75, 3.05) is 6.54 Å². The SMILES string of the molecule is O=Cc1cc(C(CNC(=O)O)c2cccc(Cl)c2)cs1. The number of thiophene rings is 1. The molecule has 0 saturated carbocycles. The number of amides is 1. The van der Waals surface area contributed by atoms with Gasteiger partial charge in [0.2, 0.25) is 0 Å². The van der Waals surface area contributed by atoms with E-state index in [0.29, 0.717) is 9.90 Å². The van der Waals surface area contributed by atoms with Gasteiger partial charge in [0.1, 0.15) is 0 Å². The molecule has 6 heteroatoms. The van der Waals surface area contributed by atoms with E-state index in [1.54, 1.807) is 18.2 Å². The minimum atomic E-state index is -1.08. The van der Waals surface area contributed by atoms with E-state index >= 15 is 0 Å². The van der Waals surface area contributed by atoms with Gasteiger partial charge in [-0.3, -0.25) is 4.79 Å². The van der Waals surface area contributed by atoms with Crippen molar-refractivity contribution in [3.63, 3.8) is 0 Å². The second-order valence-electron chi connectivity index (χ2n) is 4.19. The molecule has 1 unspecified atom stereocenters. The number of benzene rings is 1. The molecule has 0 aliphatic rings. The Labute approximate surface area is 125 Å². The second kappa shape index (κ2) is 6.54. The summed E-state index contributed by atoms with van der Waals surface area (Å²) in [5, 5.41) is 13.6. The summed E-state index contributed by atoms with van der Waals surface area (Å²) in [5.74, 6) is -0.172. The molecular weight excluding hydrogens is 298 g/mol. The Bertz CT molecular complexity index is 626. The molecule has 0 aliphatic heterocycles. The number of rotatable bonds is 5. The minimum Gasteiger partial charge on any atom is -0.465 e. The third-order valence-corrected chi connectivity index (χ3v) is 3.98. The normalized spacial score (nSPS) is 11.8. The first kappa shape index (κ1) is 14.6. The average molecular weight is 310 g/mol. The van der Waals surface area contributed by atoms with Crippen LogP contribution in [0.5, 0.6) is 0 Å². The zero-order valence-corrected chi connectivity index (χ0v) is 11.9. The van der Waals surface area contributed by atoms with E-state index in [1.807, 2.05) is 17.5 Å².